The van der Waals surface area contributed by atoms with Crippen molar-refractivity contribution >= 4 is 33.2 Å². The van der Waals surface area contributed by atoms with E-state index in [4.69, 9.17) is 11.6 Å². The number of halogens is 1. The average Bonchev–Trinajstić information content (AvgIpc) is 3.00. The molecule has 126 valence electrons. The minimum Gasteiger partial charge on any atom is -0.349 e. The first kappa shape index (κ1) is 16.6. The summed E-state index contributed by atoms with van der Waals surface area (Å²) in [7, 11) is -3.35. The molecule has 1 aliphatic heterocycles. The molecule has 1 saturated carbocycles. The summed E-state index contributed by atoms with van der Waals surface area (Å²) in [4.78, 5) is 12.4. The Morgan fingerprint density at radius 2 is 1.91 bits per heavy atom. The molecule has 1 aromatic carbocycles. The Hall–Kier alpha value is -1.27. The number of nitrogens with one attached hydrogen (secondary N) is 1. The third-order valence-corrected chi connectivity index (χ3v) is 6.69. The van der Waals surface area contributed by atoms with Crippen LogP contribution in [0.2, 0.25) is 5.02 Å². The van der Waals surface area contributed by atoms with Crippen LogP contribution < -0.4 is 9.62 Å². The summed E-state index contributed by atoms with van der Waals surface area (Å²) in [6.07, 6.45) is 5.76. The first-order valence-electron chi connectivity index (χ1n) is 8.08. The second kappa shape index (κ2) is 6.69. The maximum absolute atomic E-state index is 12.4. The molecule has 7 heteroatoms. The van der Waals surface area contributed by atoms with Crippen molar-refractivity contribution < 1.29 is 13.2 Å². The van der Waals surface area contributed by atoms with Crippen molar-refractivity contribution in [1.29, 1.82) is 0 Å². The van der Waals surface area contributed by atoms with Gasteiger partial charge in [-0.3, -0.25) is 9.10 Å². The molecule has 3 rings (SSSR count). The normalized spacial score (nSPS) is 21.3. The molecular weight excluding hydrogens is 336 g/mol. The Morgan fingerprint density at radius 1 is 1.17 bits per heavy atom. The van der Waals surface area contributed by atoms with Gasteiger partial charge in [-0.2, -0.15) is 0 Å². The molecule has 1 amide bonds. The van der Waals surface area contributed by atoms with Gasteiger partial charge in [0.15, 0.2) is 0 Å². The van der Waals surface area contributed by atoms with E-state index in [9.17, 15) is 13.2 Å². The predicted molar refractivity (Wildman–Crippen MR) is 91.5 cm³/mol. The lowest BCUT2D eigenvalue weighted by molar-refractivity contribution is 0.0938. The first-order chi connectivity index (χ1) is 11.0. The molecular formula is C16H21ClN2O3S. The molecule has 0 bridgehead atoms. The average molecular weight is 357 g/mol. The summed E-state index contributed by atoms with van der Waals surface area (Å²) >= 11 is 6.19. The lowest BCUT2D eigenvalue weighted by Crippen LogP contribution is -2.38. The van der Waals surface area contributed by atoms with Gasteiger partial charge >= 0.3 is 0 Å². The van der Waals surface area contributed by atoms with Gasteiger partial charge in [-0.25, -0.2) is 8.42 Å². The van der Waals surface area contributed by atoms with Crippen LogP contribution in [-0.2, 0) is 10.0 Å². The zero-order valence-corrected chi connectivity index (χ0v) is 14.5. The number of nitrogens with zero attached hydrogens (tertiary/aromatic N) is 1. The van der Waals surface area contributed by atoms with Gasteiger partial charge in [0.2, 0.25) is 10.0 Å². The highest BCUT2D eigenvalue weighted by Crippen LogP contribution is 2.31. The summed E-state index contributed by atoms with van der Waals surface area (Å²) in [6, 6.07) is 5.06. The van der Waals surface area contributed by atoms with Crippen LogP contribution in [0.4, 0.5) is 5.69 Å². The zero-order chi connectivity index (χ0) is 16.4. The molecule has 5 nitrogen and oxygen atoms in total. The first-order valence-corrected chi connectivity index (χ1v) is 10.1. The maximum atomic E-state index is 12.4. The zero-order valence-electron chi connectivity index (χ0n) is 12.9. The van der Waals surface area contributed by atoms with E-state index in [2.05, 4.69) is 5.32 Å². The molecule has 0 unspecified atom stereocenters. The third-order valence-electron chi connectivity index (χ3n) is 4.52. The Kier molecular flexibility index (Phi) is 4.82. The summed E-state index contributed by atoms with van der Waals surface area (Å²) in [5, 5.41) is 3.37. The van der Waals surface area contributed by atoms with Crippen molar-refractivity contribution in [3.63, 3.8) is 0 Å². The summed E-state index contributed by atoms with van der Waals surface area (Å²) in [6.45, 7) is 0.412. The van der Waals surface area contributed by atoms with Crippen LogP contribution >= 0.6 is 11.6 Å². The number of carbonyl (C=O) groups is 1. The summed E-state index contributed by atoms with van der Waals surface area (Å²) in [5.74, 6) is -0.0359. The quantitative estimate of drug-likeness (QED) is 0.905. The smallest absolute Gasteiger partial charge is 0.251 e. The number of sulfonamides is 1. The van der Waals surface area contributed by atoms with Crippen molar-refractivity contribution in [3.05, 3.63) is 28.8 Å². The van der Waals surface area contributed by atoms with E-state index in [1.54, 1.807) is 18.2 Å². The molecule has 2 fully saturated rings. The third kappa shape index (κ3) is 3.63. The molecule has 1 aliphatic carbocycles. The molecule has 0 radical (unpaired) electrons. The maximum Gasteiger partial charge on any atom is 0.251 e. The Morgan fingerprint density at radius 3 is 2.61 bits per heavy atom. The topological polar surface area (TPSA) is 66.5 Å². The number of carbonyl (C=O) groups excluding carboxylic acids is 1. The Labute approximate surface area is 142 Å². The molecule has 1 N–H and O–H groups in total. The Balaban J connectivity index is 1.85. The fourth-order valence-corrected chi connectivity index (χ4v) is 5.16. The Bertz CT molecular complexity index is 699. The summed E-state index contributed by atoms with van der Waals surface area (Å²) in [5.41, 5.74) is 0.863. The molecule has 0 atom stereocenters. The lowest BCUT2D eigenvalue weighted by Gasteiger charge is -2.29. The van der Waals surface area contributed by atoms with E-state index < -0.39 is 10.0 Å². The molecule has 23 heavy (non-hydrogen) atoms. The number of benzene rings is 1. The van der Waals surface area contributed by atoms with Crippen molar-refractivity contribution in [2.45, 2.75) is 44.6 Å². The minimum atomic E-state index is -3.35. The van der Waals surface area contributed by atoms with Crippen LogP contribution in [0.15, 0.2) is 18.2 Å². The van der Waals surface area contributed by atoms with E-state index in [1.807, 2.05) is 0 Å². The lowest BCUT2D eigenvalue weighted by atomic mass is 10.1. The molecule has 0 aromatic heterocycles. The van der Waals surface area contributed by atoms with Crippen molar-refractivity contribution in [3.8, 4) is 0 Å². The fourth-order valence-electron chi connectivity index (χ4n) is 3.24. The fraction of sp³-hybridized carbons (Fsp3) is 0.562. The number of hydrogen-bond donors (Lipinski definition) is 1. The van der Waals surface area contributed by atoms with Gasteiger partial charge < -0.3 is 5.32 Å². The number of amides is 1. The largest absolute Gasteiger partial charge is 0.349 e. The van der Waals surface area contributed by atoms with Gasteiger partial charge in [-0.05, 0) is 43.9 Å². The second-order valence-electron chi connectivity index (χ2n) is 6.22. The van der Waals surface area contributed by atoms with Crippen LogP contribution in [-0.4, -0.2) is 32.7 Å². The van der Waals surface area contributed by atoms with E-state index in [0.717, 1.165) is 32.1 Å². The number of anilines is 1. The van der Waals surface area contributed by atoms with Gasteiger partial charge in [-0.1, -0.05) is 24.4 Å². The second-order valence-corrected chi connectivity index (χ2v) is 8.64. The van der Waals surface area contributed by atoms with Crippen LogP contribution in [0.3, 0.4) is 0 Å². The van der Waals surface area contributed by atoms with Crippen molar-refractivity contribution in [2.24, 2.45) is 0 Å². The van der Waals surface area contributed by atoms with Crippen molar-refractivity contribution in [2.75, 3.05) is 16.6 Å². The highest BCUT2D eigenvalue weighted by molar-refractivity contribution is 7.92. The molecule has 1 heterocycles. The van der Waals surface area contributed by atoms with E-state index in [-0.39, 0.29) is 17.7 Å². The number of hydrogen-bond acceptors (Lipinski definition) is 3. The SMILES string of the molecule is O=C(NC1CCCC1)c1ccc(Cl)c(N2CCCCS2(=O)=O)c1. The highest BCUT2D eigenvalue weighted by Gasteiger charge is 2.28. The van der Waals surface area contributed by atoms with Gasteiger partial charge in [-0.15, -0.1) is 0 Å². The molecule has 0 spiro atoms. The van der Waals surface area contributed by atoms with Gasteiger partial charge in [0, 0.05) is 18.2 Å². The number of rotatable bonds is 3. The standard InChI is InChI=1S/C16H21ClN2O3S/c17-14-8-7-12(16(20)18-13-5-1-2-6-13)11-15(14)19-9-3-4-10-23(19,21)22/h7-8,11,13H,1-6,9-10H2,(H,18,20). The van der Waals surface area contributed by atoms with Crippen molar-refractivity contribution in [1.82, 2.24) is 5.32 Å². The van der Waals surface area contributed by atoms with E-state index in [1.165, 1.54) is 4.31 Å². The monoisotopic (exact) mass is 356 g/mol. The predicted octanol–water partition coefficient (Wildman–Crippen LogP) is 2.94. The van der Waals surface area contributed by atoms with Gasteiger partial charge in [0.1, 0.15) is 0 Å². The van der Waals surface area contributed by atoms with Gasteiger partial charge in [0.25, 0.3) is 5.91 Å². The molecule has 1 aromatic rings. The van der Waals surface area contributed by atoms with Crippen LogP contribution in [0.5, 0.6) is 0 Å². The van der Waals surface area contributed by atoms with Crippen LogP contribution in [0, 0.1) is 0 Å². The molecule has 2 aliphatic rings. The van der Waals surface area contributed by atoms with Crippen LogP contribution in [0.25, 0.3) is 0 Å². The van der Waals surface area contributed by atoms with E-state index >= 15 is 0 Å². The minimum absolute atomic E-state index is 0.127. The van der Waals surface area contributed by atoms with Crippen LogP contribution in [0.1, 0.15) is 48.9 Å². The van der Waals surface area contributed by atoms with E-state index in [0.29, 0.717) is 29.2 Å². The highest BCUT2D eigenvalue weighted by atomic mass is 35.5. The summed E-state index contributed by atoms with van der Waals surface area (Å²) < 4.78 is 25.9. The van der Waals surface area contributed by atoms with Gasteiger partial charge in [0.05, 0.1) is 16.5 Å². The molecule has 1 saturated heterocycles.